The van der Waals surface area contributed by atoms with Gasteiger partial charge in [-0.3, -0.25) is 0 Å². The van der Waals surface area contributed by atoms with E-state index in [2.05, 4.69) is 12.2 Å². The molecule has 0 aromatic rings. The van der Waals surface area contributed by atoms with Crippen LogP contribution in [-0.2, 0) is 0 Å². The SMILES string of the molecule is CCCCCCCCCCCCCCCCCCC1NCCC1O. The molecule has 0 amide bonds. The summed E-state index contributed by atoms with van der Waals surface area (Å²) in [5.41, 5.74) is 0. The van der Waals surface area contributed by atoms with Gasteiger partial charge in [0.2, 0.25) is 0 Å². The highest BCUT2D eigenvalue weighted by atomic mass is 16.3. The van der Waals surface area contributed by atoms with E-state index in [0.717, 1.165) is 13.0 Å². The van der Waals surface area contributed by atoms with Crippen molar-refractivity contribution in [3.63, 3.8) is 0 Å². The summed E-state index contributed by atoms with van der Waals surface area (Å²) < 4.78 is 0. The summed E-state index contributed by atoms with van der Waals surface area (Å²) in [6.07, 6.45) is 24.8. The Labute approximate surface area is 152 Å². The molecule has 1 aliphatic heterocycles. The number of aliphatic hydroxyl groups excluding tert-OH is 1. The van der Waals surface area contributed by atoms with Crippen molar-refractivity contribution < 1.29 is 5.11 Å². The molecule has 1 aliphatic rings. The van der Waals surface area contributed by atoms with E-state index in [0.29, 0.717) is 6.04 Å². The van der Waals surface area contributed by atoms with Gasteiger partial charge in [0.15, 0.2) is 0 Å². The molecule has 1 heterocycles. The monoisotopic (exact) mass is 339 g/mol. The van der Waals surface area contributed by atoms with Gasteiger partial charge < -0.3 is 10.4 Å². The predicted molar refractivity (Wildman–Crippen MR) is 107 cm³/mol. The summed E-state index contributed by atoms with van der Waals surface area (Å²) in [7, 11) is 0. The molecule has 0 spiro atoms. The van der Waals surface area contributed by atoms with Crippen LogP contribution < -0.4 is 5.32 Å². The summed E-state index contributed by atoms with van der Waals surface area (Å²) in [5.74, 6) is 0. The number of hydrogen-bond donors (Lipinski definition) is 2. The van der Waals surface area contributed by atoms with E-state index in [1.54, 1.807) is 0 Å². The fourth-order valence-electron chi connectivity index (χ4n) is 3.96. The fraction of sp³-hybridized carbons (Fsp3) is 1.00. The van der Waals surface area contributed by atoms with E-state index in [1.807, 2.05) is 0 Å². The van der Waals surface area contributed by atoms with Crippen LogP contribution in [0.2, 0.25) is 0 Å². The number of nitrogens with one attached hydrogen (secondary N) is 1. The van der Waals surface area contributed by atoms with Gasteiger partial charge >= 0.3 is 0 Å². The summed E-state index contributed by atoms with van der Waals surface area (Å²) in [4.78, 5) is 0. The average Bonchev–Trinajstić information content (AvgIpc) is 2.99. The quantitative estimate of drug-likeness (QED) is 0.302. The molecular weight excluding hydrogens is 294 g/mol. The van der Waals surface area contributed by atoms with E-state index in [-0.39, 0.29) is 6.10 Å². The summed E-state index contributed by atoms with van der Waals surface area (Å²) in [6.45, 7) is 3.30. The normalized spacial score (nSPS) is 20.8. The highest BCUT2D eigenvalue weighted by Gasteiger charge is 2.23. The lowest BCUT2D eigenvalue weighted by Crippen LogP contribution is -2.29. The van der Waals surface area contributed by atoms with Crippen LogP contribution in [0, 0.1) is 0 Å². The molecule has 0 radical (unpaired) electrons. The summed E-state index contributed by atoms with van der Waals surface area (Å²) in [5, 5.41) is 13.2. The van der Waals surface area contributed by atoms with Crippen molar-refractivity contribution in [2.45, 2.75) is 135 Å². The molecule has 2 heteroatoms. The van der Waals surface area contributed by atoms with E-state index in [1.165, 1.54) is 109 Å². The maximum absolute atomic E-state index is 9.75. The van der Waals surface area contributed by atoms with Crippen molar-refractivity contribution in [2.24, 2.45) is 0 Å². The maximum atomic E-state index is 9.75. The van der Waals surface area contributed by atoms with E-state index in [4.69, 9.17) is 0 Å². The number of unbranched alkanes of at least 4 members (excludes halogenated alkanes) is 15. The molecule has 0 aromatic carbocycles. The van der Waals surface area contributed by atoms with Gasteiger partial charge in [-0.1, -0.05) is 110 Å². The van der Waals surface area contributed by atoms with Crippen molar-refractivity contribution in [1.29, 1.82) is 0 Å². The van der Waals surface area contributed by atoms with Crippen LogP contribution in [0.3, 0.4) is 0 Å². The Morgan fingerprint density at radius 2 is 1.08 bits per heavy atom. The number of aliphatic hydroxyl groups is 1. The van der Waals surface area contributed by atoms with E-state index < -0.39 is 0 Å². The average molecular weight is 340 g/mol. The molecule has 2 atom stereocenters. The molecule has 2 unspecified atom stereocenters. The third-order valence-electron chi connectivity index (χ3n) is 5.68. The van der Waals surface area contributed by atoms with Crippen molar-refractivity contribution in [3.8, 4) is 0 Å². The maximum Gasteiger partial charge on any atom is 0.0705 e. The zero-order valence-electron chi connectivity index (χ0n) is 16.5. The smallest absolute Gasteiger partial charge is 0.0705 e. The highest BCUT2D eigenvalue weighted by Crippen LogP contribution is 2.16. The van der Waals surface area contributed by atoms with Crippen molar-refractivity contribution in [3.05, 3.63) is 0 Å². The van der Waals surface area contributed by atoms with Crippen molar-refractivity contribution >= 4 is 0 Å². The molecule has 1 rings (SSSR count). The van der Waals surface area contributed by atoms with Crippen LogP contribution in [0.25, 0.3) is 0 Å². The van der Waals surface area contributed by atoms with Crippen LogP contribution in [0.15, 0.2) is 0 Å². The molecular formula is C22H45NO. The Morgan fingerprint density at radius 3 is 1.46 bits per heavy atom. The molecule has 0 aromatic heterocycles. The van der Waals surface area contributed by atoms with Gasteiger partial charge in [-0.25, -0.2) is 0 Å². The topological polar surface area (TPSA) is 32.3 Å². The van der Waals surface area contributed by atoms with Crippen LogP contribution in [0.1, 0.15) is 122 Å². The molecule has 24 heavy (non-hydrogen) atoms. The Balaban J connectivity index is 1.67. The van der Waals surface area contributed by atoms with Crippen LogP contribution in [0.4, 0.5) is 0 Å². The Bertz CT molecular complexity index is 256. The standard InChI is InChI=1S/C22H45NO/c1-2-3-4-5-6-7-8-9-10-11-12-13-14-15-16-17-18-21-22(24)19-20-23-21/h21-24H,2-20H2,1H3. The highest BCUT2D eigenvalue weighted by molar-refractivity contribution is 4.82. The Kier molecular flexibility index (Phi) is 15.0. The molecule has 0 bridgehead atoms. The van der Waals surface area contributed by atoms with E-state index in [9.17, 15) is 5.11 Å². The minimum Gasteiger partial charge on any atom is -0.391 e. The summed E-state index contributed by atoms with van der Waals surface area (Å²) in [6, 6.07) is 0.386. The van der Waals surface area contributed by atoms with Crippen LogP contribution in [-0.4, -0.2) is 23.8 Å². The fourth-order valence-corrected chi connectivity index (χ4v) is 3.96. The van der Waals surface area contributed by atoms with Gasteiger partial charge in [0.05, 0.1) is 6.10 Å². The zero-order valence-corrected chi connectivity index (χ0v) is 16.5. The van der Waals surface area contributed by atoms with Gasteiger partial charge in [-0.05, 0) is 19.4 Å². The molecule has 0 saturated carbocycles. The van der Waals surface area contributed by atoms with Gasteiger partial charge in [0.1, 0.15) is 0 Å². The van der Waals surface area contributed by atoms with Gasteiger partial charge in [0, 0.05) is 6.04 Å². The lowest BCUT2D eigenvalue weighted by Gasteiger charge is -2.14. The van der Waals surface area contributed by atoms with Crippen molar-refractivity contribution in [2.75, 3.05) is 6.54 Å². The molecule has 0 aliphatic carbocycles. The second-order valence-corrected chi connectivity index (χ2v) is 8.01. The van der Waals surface area contributed by atoms with Gasteiger partial charge in [-0.2, -0.15) is 0 Å². The molecule has 1 saturated heterocycles. The molecule has 2 nitrogen and oxygen atoms in total. The van der Waals surface area contributed by atoms with Crippen LogP contribution in [0.5, 0.6) is 0 Å². The van der Waals surface area contributed by atoms with Gasteiger partial charge in [0.25, 0.3) is 0 Å². The van der Waals surface area contributed by atoms with Crippen molar-refractivity contribution in [1.82, 2.24) is 5.32 Å². The number of hydrogen-bond acceptors (Lipinski definition) is 2. The molecule has 1 fully saturated rings. The third-order valence-corrected chi connectivity index (χ3v) is 5.68. The Morgan fingerprint density at radius 1 is 0.667 bits per heavy atom. The second kappa shape index (κ2) is 16.4. The third kappa shape index (κ3) is 12.3. The second-order valence-electron chi connectivity index (χ2n) is 8.01. The van der Waals surface area contributed by atoms with E-state index >= 15 is 0 Å². The lowest BCUT2D eigenvalue weighted by molar-refractivity contribution is 0.154. The first-order valence-electron chi connectivity index (χ1n) is 11.3. The number of rotatable bonds is 17. The first kappa shape index (κ1) is 22.0. The predicted octanol–water partition coefficient (Wildman–Crippen LogP) is 6.36. The minimum absolute atomic E-state index is 0.0821. The van der Waals surface area contributed by atoms with Gasteiger partial charge in [-0.15, -0.1) is 0 Å². The first-order chi connectivity index (χ1) is 11.8. The lowest BCUT2D eigenvalue weighted by atomic mass is 10.0. The first-order valence-corrected chi connectivity index (χ1v) is 11.3. The minimum atomic E-state index is -0.0821. The molecule has 2 N–H and O–H groups in total. The zero-order chi connectivity index (χ0) is 17.3. The largest absolute Gasteiger partial charge is 0.391 e. The molecule has 144 valence electrons. The summed E-state index contributed by atoms with van der Waals surface area (Å²) >= 11 is 0. The van der Waals surface area contributed by atoms with Crippen LogP contribution >= 0.6 is 0 Å². The Hall–Kier alpha value is -0.0800.